The SMILES string of the molecule is CCCC(N)N.O.O=C(O)c1ccoc1C(=O)O. The second-order valence-electron chi connectivity index (χ2n) is 3.23. The number of aromatic carboxylic acids is 2. The summed E-state index contributed by atoms with van der Waals surface area (Å²) in [6.07, 6.45) is 2.93. The Hall–Kier alpha value is -1.90. The Kier molecular flexibility index (Phi) is 9.40. The van der Waals surface area contributed by atoms with Crippen LogP contribution >= 0.6 is 0 Å². The maximum atomic E-state index is 10.3. The number of rotatable bonds is 4. The monoisotopic (exact) mass is 262 g/mol. The first-order chi connectivity index (χ1) is 7.90. The largest absolute Gasteiger partial charge is 0.478 e. The third-order valence-electron chi connectivity index (χ3n) is 1.71. The molecule has 8 N–H and O–H groups in total. The van der Waals surface area contributed by atoms with Gasteiger partial charge in [-0.25, -0.2) is 9.59 Å². The molecule has 0 saturated heterocycles. The standard InChI is InChI=1S/C6H4O5.C4H12N2.H2O/c7-5(8)3-1-2-11-4(3)6(9)10;1-2-3-4(5)6;/h1-2H,(H,7,8)(H,9,10);4H,2-3,5-6H2,1H3;1H2. The van der Waals surface area contributed by atoms with Crippen LogP contribution in [-0.2, 0) is 0 Å². The lowest BCUT2D eigenvalue weighted by atomic mass is 10.2. The molecule has 0 saturated carbocycles. The van der Waals surface area contributed by atoms with Gasteiger partial charge in [0.15, 0.2) is 0 Å². The van der Waals surface area contributed by atoms with Crippen LogP contribution in [0, 0.1) is 0 Å². The van der Waals surface area contributed by atoms with Crippen LogP contribution in [0.3, 0.4) is 0 Å². The Morgan fingerprint density at radius 3 is 2.11 bits per heavy atom. The number of furan rings is 1. The van der Waals surface area contributed by atoms with Crippen molar-refractivity contribution in [3.05, 3.63) is 23.7 Å². The summed E-state index contributed by atoms with van der Waals surface area (Å²) in [4.78, 5) is 20.5. The molecule has 8 nitrogen and oxygen atoms in total. The minimum Gasteiger partial charge on any atom is -0.478 e. The molecule has 1 rings (SSSR count). The molecule has 0 aliphatic heterocycles. The Labute approximate surface area is 103 Å². The molecule has 0 aliphatic rings. The van der Waals surface area contributed by atoms with Crippen LogP contribution in [0.4, 0.5) is 0 Å². The molecule has 1 heterocycles. The van der Waals surface area contributed by atoms with Gasteiger partial charge < -0.3 is 31.6 Å². The molecule has 0 radical (unpaired) electrons. The molecule has 18 heavy (non-hydrogen) atoms. The molecule has 104 valence electrons. The number of carbonyl (C=O) groups is 2. The first kappa shape index (κ1) is 18.5. The molecule has 8 heteroatoms. The predicted octanol–water partition coefficient (Wildman–Crippen LogP) is -0.119. The zero-order valence-corrected chi connectivity index (χ0v) is 9.92. The van der Waals surface area contributed by atoms with E-state index in [1.807, 2.05) is 0 Å². The van der Waals surface area contributed by atoms with Crippen LogP contribution in [-0.4, -0.2) is 33.8 Å². The van der Waals surface area contributed by atoms with Gasteiger partial charge in [0.1, 0.15) is 5.56 Å². The van der Waals surface area contributed by atoms with Gasteiger partial charge in [-0.15, -0.1) is 0 Å². The first-order valence-electron chi connectivity index (χ1n) is 4.95. The molecule has 0 aliphatic carbocycles. The van der Waals surface area contributed by atoms with Crippen molar-refractivity contribution in [2.75, 3.05) is 0 Å². The van der Waals surface area contributed by atoms with Gasteiger partial charge in [-0.2, -0.15) is 0 Å². The highest BCUT2D eigenvalue weighted by atomic mass is 16.4. The Morgan fingerprint density at radius 2 is 1.89 bits per heavy atom. The van der Waals surface area contributed by atoms with Gasteiger partial charge in [0.25, 0.3) is 0 Å². The summed E-state index contributed by atoms with van der Waals surface area (Å²) in [6.45, 7) is 2.06. The van der Waals surface area contributed by atoms with Gasteiger partial charge in [-0.3, -0.25) is 0 Å². The van der Waals surface area contributed by atoms with Crippen molar-refractivity contribution in [1.29, 1.82) is 0 Å². The number of carboxylic acids is 2. The minimum absolute atomic E-state index is 0. The highest BCUT2D eigenvalue weighted by molar-refractivity contribution is 5.99. The molecule has 0 bridgehead atoms. The lowest BCUT2D eigenvalue weighted by molar-refractivity contribution is 0.0626. The van der Waals surface area contributed by atoms with Crippen molar-refractivity contribution in [2.24, 2.45) is 11.5 Å². The summed E-state index contributed by atoms with van der Waals surface area (Å²) in [5.41, 5.74) is 10.0. The summed E-state index contributed by atoms with van der Waals surface area (Å²) in [7, 11) is 0. The van der Waals surface area contributed by atoms with Gasteiger partial charge in [-0.05, 0) is 12.5 Å². The van der Waals surface area contributed by atoms with E-state index in [2.05, 4.69) is 11.3 Å². The van der Waals surface area contributed by atoms with E-state index < -0.39 is 17.7 Å². The zero-order valence-electron chi connectivity index (χ0n) is 9.92. The molecular formula is C10H18N2O6. The third kappa shape index (κ3) is 6.63. The predicted molar refractivity (Wildman–Crippen MR) is 63.3 cm³/mol. The summed E-state index contributed by atoms with van der Waals surface area (Å²) in [6, 6.07) is 1.09. The fourth-order valence-electron chi connectivity index (χ4n) is 0.977. The second kappa shape index (κ2) is 9.16. The van der Waals surface area contributed by atoms with E-state index in [9.17, 15) is 9.59 Å². The molecule has 0 spiro atoms. The fourth-order valence-corrected chi connectivity index (χ4v) is 0.977. The van der Waals surface area contributed by atoms with E-state index >= 15 is 0 Å². The van der Waals surface area contributed by atoms with Crippen molar-refractivity contribution in [3.8, 4) is 0 Å². The fraction of sp³-hybridized carbons (Fsp3) is 0.400. The Morgan fingerprint density at radius 1 is 1.33 bits per heavy atom. The smallest absolute Gasteiger partial charge is 0.372 e. The van der Waals surface area contributed by atoms with Crippen molar-refractivity contribution < 1.29 is 29.7 Å². The van der Waals surface area contributed by atoms with Gasteiger partial charge >= 0.3 is 11.9 Å². The van der Waals surface area contributed by atoms with E-state index in [4.69, 9.17) is 21.7 Å². The maximum Gasteiger partial charge on any atom is 0.372 e. The lowest BCUT2D eigenvalue weighted by Gasteiger charge is -1.97. The highest BCUT2D eigenvalue weighted by Crippen LogP contribution is 2.09. The summed E-state index contributed by atoms with van der Waals surface area (Å²) in [5.74, 6) is -3.24. The van der Waals surface area contributed by atoms with Gasteiger partial charge in [0.2, 0.25) is 5.76 Å². The van der Waals surface area contributed by atoms with Crippen LogP contribution in [0.5, 0.6) is 0 Å². The quantitative estimate of drug-likeness (QED) is 0.547. The van der Waals surface area contributed by atoms with Crippen molar-refractivity contribution in [3.63, 3.8) is 0 Å². The summed E-state index contributed by atoms with van der Waals surface area (Å²) in [5, 5.41) is 16.7. The topological polar surface area (TPSA) is 171 Å². The molecule has 1 aromatic heterocycles. The van der Waals surface area contributed by atoms with Crippen molar-refractivity contribution in [2.45, 2.75) is 25.9 Å². The van der Waals surface area contributed by atoms with Crippen LogP contribution in [0.2, 0.25) is 0 Å². The van der Waals surface area contributed by atoms with E-state index in [1.54, 1.807) is 0 Å². The molecular weight excluding hydrogens is 244 g/mol. The number of hydrogen-bond acceptors (Lipinski definition) is 5. The van der Waals surface area contributed by atoms with Crippen LogP contribution in [0.25, 0.3) is 0 Å². The summed E-state index contributed by atoms with van der Waals surface area (Å²) >= 11 is 0. The van der Waals surface area contributed by atoms with E-state index in [-0.39, 0.29) is 17.2 Å². The van der Waals surface area contributed by atoms with E-state index in [1.165, 1.54) is 0 Å². The van der Waals surface area contributed by atoms with Crippen LogP contribution < -0.4 is 11.5 Å². The van der Waals surface area contributed by atoms with Gasteiger partial charge in [0.05, 0.1) is 12.4 Å². The van der Waals surface area contributed by atoms with Crippen molar-refractivity contribution >= 4 is 11.9 Å². The highest BCUT2D eigenvalue weighted by Gasteiger charge is 2.18. The van der Waals surface area contributed by atoms with Gasteiger partial charge in [-0.1, -0.05) is 13.3 Å². The minimum atomic E-state index is -1.38. The number of hydrogen-bond donors (Lipinski definition) is 4. The van der Waals surface area contributed by atoms with Crippen molar-refractivity contribution in [1.82, 2.24) is 0 Å². The van der Waals surface area contributed by atoms with Crippen LogP contribution in [0.15, 0.2) is 16.7 Å². The van der Waals surface area contributed by atoms with E-state index in [0.717, 1.165) is 25.2 Å². The average Bonchev–Trinajstić information content (AvgIpc) is 2.66. The van der Waals surface area contributed by atoms with Crippen LogP contribution in [0.1, 0.15) is 40.7 Å². The molecule has 0 fully saturated rings. The maximum absolute atomic E-state index is 10.3. The Balaban J connectivity index is 0. The number of carboxylic acid groups (broad SMARTS) is 2. The molecule has 0 atom stereocenters. The van der Waals surface area contributed by atoms with Gasteiger partial charge in [0, 0.05) is 0 Å². The summed E-state index contributed by atoms with van der Waals surface area (Å²) < 4.78 is 4.41. The molecule has 0 aromatic carbocycles. The second-order valence-corrected chi connectivity index (χ2v) is 3.23. The lowest BCUT2D eigenvalue weighted by Crippen LogP contribution is -2.29. The molecule has 0 amide bonds. The third-order valence-corrected chi connectivity index (χ3v) is 1.71. The average molecular weight is 262 g/mol. The first-order valence-corrected chi connectivity index (χ1v) is 4.95. The Bertz CT molecular complexity index is 346. The molecule has 0 unspecified atom stereocenters. The number of nitrogens with two attached hydrogens (primary N) is 2. The zero-order chi connectivity index (χ0) is 13.4. The van der Waals surface area contributed by atoms with E-state index in [0.29, 0.717) is 0 Å². The normalized spacial score (nSPS) is 9.11. The molecule has 1 aromatic rings.